The molecule has 1 aromatic rings. The third kappa shape index (κ3) is 3.02. The summed E-state index contributed by atoms with van der Waals surface area (Å²) in [6, 6.07) is 2.81. The number of aromatic nitrogens is 2. The van der Waals surface area contributed by atoms with E-state index in [1.807, 2.05) is 16.9 Å². The van der Waals surface area contributed by atoms with E-state index in [1.165, 1.54) is 12.8 Å². The minimum absolute atomic E-state index is 0.0357. The van der Waals surface area contributed by atoms with Crippen molar-refractivity contribution < 1.29 is 4.79 Å². The van der Waals surface area contributed by atoms with E-state index in [2.05, 4.69) is 27.6 Å². The van der Waals surface area contributed by atoms with Gasteiger partial charge >= 0.3 is 0 Å². The highest BCUT2D eigenvalue weighted by molar-refractivity contribution is 5.91. The van der Waals surface area contributed by atoms with Gasteiger partial charge in [0, 0.05) is 24.8 Å². The fraction of sp³-hybridized carbons (Fsp3) is 0.714. The van der Waals surface area contributed by atoms with Crippen molar-refractivity contribution in [3.63, 3.8) is 0 Å². The van der Waals surface area contributed by atoms with E-state index >= 15 is 0 Å². The number of anilines is 1. The summed E-state index contributed by atoms with van der Waals surface area (Å²) >= 11 is 0. The molecule has 0 bridgehead atoms. The van der Waals surface area contributed by atoms with Crippen molar-refractivity contribution >= 4 is 11.7 Å². The van der Waals surface area contributed by atoms with Crippen LogP contribution in [0.4, 0.5) is 5.82 Å². The molecule has 2 saturated heterocycles. The van der Waals surface area contributed by atoms with Gasteiger partial charge in [0.25, 0.3) is 0 Å². The molecule has 0 saturated carbocycles. The first-order valence-corrected chi connectivity index (χ1v) is 7.52. The Hall–Kier alpha value is -1.40. The van der Waals surface area contributed by atoms with Crippen molar-refractivity contribution in [1.82, 2.24) is 20.0 Å². The van der Waals surface area contributed by atoms with Crippen LogP contribution in [0.15, 0.2) is 12.3 Å². The standard InChI is InChI=1S/C14H23N5O/c1-11-3-2-7-18(11)10-14(20)16-13-5-8-19(17-13)12-4-6-15-9-12/h5,8,11-12,15H,2-4,6-7,9-10H2,1H3,(H,16,17,20)/t11-,12+/m1/s1. The molecule has 6 heteroatoms. The Morgan fingerprint density at radius 2 is 2.45 bits per heavy atom. The van der Waals surface area contributed by atoms with Crippen LogP contribution in [0.5, 0.6) is 0 Å². The Morgan fingerprint density at radius 1 is 1.55 bits per heavy atom. The van der Waals surface area contributed by atoms with E-state index < -0.39 is 0 Å². The topological polar surface area (TPSA) is 62.2 Å². The maximum Gasteiger partial charge on any atom is 0.239 e. The lowest BCUT2D eigenvalue weighted by molar-refractivity contribution is -0.117. The molecule has 3 rings (SSSR count). The summed E-state index contributed by atoms with van der Waals surface area (Å²) in [5.41, 5.74) is 0. The molecule has 0 spiro atoms. The van der Waals surface area contributed by atoms with Crippen molar-refractivity contribution in [3.05, 3.63) is 12.3 Å². The Kier molecular flexibility index (Phi) is 4.03. The summed E-state index contributed by atoms with van der Waals surface area (Å²) in [6.45, 7) is 5.68. The van der Waals surface area contributed by atoms with Crippen LogP contribution in [-0.2, 0) is 4.79 Å². The Labute approximate surface area is 119 Å². The highest BCUT2D eigenvalue weighted by Crippen LogP contribution is 2.17. The second-order valence-corrected chi connectivity index (χ2v) is 5.84. The SMILES string of the molecule is C[C@@H]1CCCN1CC(=O)Nc1ccn([C@H]2CCNC2)n1. The van der Waals surface area contributed by atoms with E-state index in [9.17, 15) is 4.79 Å². The number of likely N-dealkylation sites (tertiary alicyclic amines) is 1. The number of nitrogens with zero attached hydrogens (tertiary/aromatic N) is 3. The zero-order chi connectivity index (χ0) is 13.9. The molecular formula is C14H23N5O. The summed E-state index contributed by atoms with van der Waals surface area (Å²) in [7, 11) is 0. The molecule has 1 amide bonds. The molecule has 0 unspecified atom stereocenters. The molecule has 1 aromatic heterocycles. The monoisotopic (exact) mass is 277 g/mol. The van der Waals surface area contributed by atoms with Crippen LogP contribution in [0, 0.1) is 0 Å². The molecule has 20 heavy (non-hydrogen) atoms. The van der Waals surface area contributed by atoms with Crippen LogP contribution in [0.3, 0.4) is 0 Å². The fourth-order valence-electron chi connectivity index (χ4n) is 3.07. The lowest BCUT2D eigenvalue weighted by Gasteiger charge is -2.19. The fourth-order valence-corrected chi connectivity index (χ4v) is 3.07. The molecule has 2 fully saturated rings. The zero-order valence-corrected chi connectivity index (χ0v) is 12.0. The van der Waals surface area contributed by atoms with E-state index in [0.717, 1.165) is 26.1 Å². The minimum Gasteiger partial charge on any atom is -0.315 e. The average molecular weight is 277 g/mol. The van der Waals surface area contributed by atoms with Gasteiger partial charge in [-0.05, 0) is 39.3 Å². The van der Waals surface area contributed by atoms with Gasteiger partial charge in [0.2, 0.25) is 5.91 Å². The second kappa shape index (κ2) is 5.93. The van der Waals surface area contributed by atoms with Gasteiger partial charge in [-0.2, -0.15) is 5.10 Å². The summed E-state index contributed by atoms with van der Waals surface area (Å²) in [4.78, 5) is 14.3. The number of rotatable bonds is 4. The summed E-state index contributed by atoms with van der Waals surface area (Å²) in [5, 5.41) is 10.7. The Bertz CT molecular complexity index is 466. The van der Waals surface area contributed by atoms with Gasteiger partial charge in [0.1, 0.15) is 0 Å². The largest absolute Gasteiger partial charge is 0.315 e. The van der Waals surface area contributed by atoms with Gasteiger partial charge in [-0.15, -0.1) is 0 Å². The summed E-state index contributed by atoms with van der Waals surface area (Å²) in [5.74, 6) is 0.697. The predicted octanol–water partition coefficient (Wildman–Crippen LogP) is 0.840. The first kappa shape index (κ1) is 13.6. The van der Waals surface area contributed by atoms with E-state index in [-0.39, 0.29) is 5.91 Å². The maximum atomic E-state index is 12.0. The summed E-state index contributed by atoms with van der Waals surface area (Å²) < 4.78 is 1.95. The van der Waals surface area contributed by atoms with Crippen molar-refractivity contribution in [1.29, 1.82) is 0 Å². The van der Waals surface area contributed by atoms with Crippen LogP contribution in [0.25, 0.3) is 0 Å². The van der Waals surface area contributed by atoms with Crippen LogP contribution in [-0.4, -0.2) is 52.8 Å². The molecule has 110 valence electrons. The highest BCUT2D eigenvalue weighted by Gasteiger charge is 2.23. The lowest BCUT2D eigenvalue weighted by Crippen LogP contribution is -2.35. The summed E-state index contributed by atoms with van der Waals surface area (Å²) in [6.07, 6.45) is 5.43. The van der Waals surface area contributed by atoms with Gasteiger partial charge < -0.3 is 10.6 Å². The molecule has 2 aliphatic heterocycles. The van der Waals surface area contributed by atoms with E-state index in [0.29, 0.717) is 24.4 Å². The third-order valence-corrected chi connectivity index (χ3v) is 4.32. The normalized spacial score (nSPS) is 27.1. The van der Waals surface area contributed by atoms with Crippen LogP contribution < -0.4 is 10.6 Å². The van der Waals surface area contributed by atoms with Crippen LogP contribution in [0.2, 0.25) is 0 Å². The quantitative estimate of drug-likeness (QED) is 0.856. The molecule has 0 aromatic carbocycles. The molecule has 0 radical (unpaired) electrons. The predicted molar refractivity (Wildman–Crippen MR) is 77.6 cm³/mol. The molecule has 6 nitrogen and oxygen atoms in total. The Balaban J connectivity index is 1.53. The molecule has 2 N–H and O–H groups in total. The van der Waals surface area contributed by atoms with E-state index in [1.54, 1.807) is 0 Å². The molecular weight excluding hydrogens is 254 g/mol. The number of carbonyl (C=O) groups is 1. The van der Waals surface area contributed by atoms with Gasteiger partial charge in [-0.3, -0.25) is 14.4 Å². The molecule has 3 heterocycles. The van der Waals surface area contributed by atoms with Gasteiger partial charge in [-0.25, -0.2) is 0 Å². The zero-order valence-electron chi connectivity index (χ0n) is 12.0. The van der Waals surface area contributed by atoms with Crippen molar-refractivity contribution in [2.45, 2.75) is 38.3 Å². The minimum atomic E-state index is 0.0357. The highest BCUT2D eigenvalue weighted by atomic mass is 16.2. The average Bonchev–Trinajstić information content (AvgIpc) is 3.12. The molecule has 2 atom stereocenters. The van der Waals surface area contributed by atoms with Crippen molar-refractivity contribution in [2.24, 2.45) is 0 Å². The molecule has 0 aliphatic carbocycles. The smallest absolute Gasteiger partial charge is 0.239 e. The maximum absolute atomic E-state index is 12.0. The molecule has 2 aliphatic rings. The lowest BCUT2D eigenvalue weighted by atomic mass is 10.2. The first-order valence-electron chi connectivity index (χ1n) is 7.52. The van der Waals surface area contributed by atoms with Crippen LogP contribution in [0.1, 0.15) is 32.2 Å². The van der Waals surface area contributed by atoms with Crippen molar-refractivity contribution in [3.8, 4) is 0 Å². The Morgan fingerprint density at radius 3 is 3.15 bits per heavy atom. The number of hydrogen-bond donors (Lipinski definition) is 2. The second-order valence-electron chi connectivity index (χ2n) is 5.84. The van der Waals surface area contributed by atoms with Gasteiger partial charge in [-0.1, -0.05) is 0 Å². The van der Waals surface area contributed by atoms with Crippen LogP contribution >= 0.6 is 0 Å². The van der Waals surface area contributed by atoms with Gasteiger partial charge in [0.05, 0.1) is 12.6 Å². The van der Waals surface area contributed by atoms with Crippen molar-refractivity contribution in [2.75, 3.05) is 31.5 Å². The van der Waals surface area contributed by atoms with E-state index in [4.69, 9.17) is 0 Å². The number of carbonyl (C=O) groups excluding carboxylic acids is 1. The number of nitrogens with one attached hydrogen (secondary N) is 2. The first-order chi connectivity index (χ1) is 9.72. The number of hydrogen-bond acceptors (Lipinski definition) is 4. The third-order valence-electron chi connectivity index (χ3n) is 4.32. The van der Waals surface area contributed by atoms with Gasteiger partial charge in [0.15, 0.2) is 5.82 Å². The number of amides is 1.